The van der Waals surface area contributed by atoms with E-state index in [1.807, 2.05) is 37.3 Å². The highest BCUT2D eigenvalue weighted by Crippen LogP contribution is 2.40. The smallest absolute Gasteiger partial charge is 0.159 e. The summed E-state index contributed by atoms with van der Waals surface area (Å²) in [5.74, 6) is -0.965. The Bertz CT molecular complexity index is 1530. The quantitative estimate of drug-likeness (QED) is 0.430. The average Bonchev–Trinajstić information content (AvgIpc) is 2.91. The van der Waals surface area contributed by atoms with Gasteiger partial charge in [-0.2, -0.15) is 5.26 Å². The monoisotopic (exact) mass is 497 g/mol. The van der Waals surface area contributed by atoms with Crippen LogP contribution in [0.2, 0.25) is 0 Å². The molecule has 8 heteroatoms. The standard InChI is InChI=1S/C29H25F2N5O/c1-17-8-19(10-20(30)9-17)24-14-35-26-3-2-18(23-13-33-15-25(31)22(23)12-32)11-21(26)29(24)36-6-4-28-27(16-36)34-5-7-37-28/h2-3,8-11,13-15,27-28,34H,4-7,16H2,1H3/t27-,28-/m1/s1. The first-order chi connectivity index (χ1) is 18.0. The van der Waals surface area contributed by atoms with E-state index in [2.05, 4.69) is 15.2 Å². The summed E-state index contributed by atoms with van der Waals surface area (Å²) in [6, 6.07) is 12.8. The predicted molar refractivity (Wildman–Crippen MR) is 138 cm³/mol. The lowest BCUT2D eigenvalue weighted by molar-refractivity contribution is -0.0134. The van der Waals surface area contributed by atoms with Gasteiger partial charge >= 0.3 is 0 Å². The van der Waals surface area contributed by atoms with Crippen LogP contribution in [-0.4, -0.2) is 48.4 Å². The molecule has 0 aliphatic carbocycles. The minimum atomic E-state index is -0.659. The van der Waals surface area contributed by atoms with E-state index < -0.39 is 5.82 Å². The number of nitriles is 1. The van der Waals surface area contributed by atoms with Crippen molar-refractivity contribution in [1.29, 1.82) is 5.26 Å². The van der Waals surface area contributed by atoms with E-state index >= 15 is 0 Å². The molecular weight excluding hydrogens is 472 g/mol. The molecule has 0 unspecified atom stereocenters. The van der Waals surface area contributed by atoms with Crippen molar-refractivity contribution < 1.29 is 13.5 Å². The molecular formula is C29H25F2N5O. The molecule has 2 atom stereocenters. The van der Waals surface area contributed by atoms with Crippen LogP contribution in [0.15, 0.2) is 55.0 Å². The summed E-state index contributed by atoms with van der Waals surface area (Å²) in [6.07, 6.45) is 5.36. The van der Waals surface area contributed by atoms with Gasteiger partial charge in [-0.3, -0.25) is 9.97 Å². The zero-order valence-corrected chi connectivity index (χ0v) is 20.3. The maximum absolute atomic E-state index is 14.5. The van der Waals surface area contributed by atoms with Crippen LogP contribution < -0.4 is 10.2 Å². The first kappa shape index (κ1) is 23.5. The summed E-state index contributed by atoms with van der Waals surface area (Å²) in [5, 5.41) is 14.0. The molecule has 1 N–H and O–H groups in total. The van der Waals surface area contributed by atoms with Gasteiger partial charge in [-0.05, 0) is 54.3 Å². The van der Waals surface area contributed by atoms with E-state index in [4.69, 9.17) is 9.72 Å². The van der Waals surface area contributed by atoms with Crippen LogP contribution in [0.25, 0.3) is 33.2 Å². The first-order valence-electron chi connectivity index (χ1n) is 12.4. The summed E-state index contributed by atoms with van der Waals surface area (Å²) >= 11 is 0. The molecule has 6 rings (SSSR count). The molecule has 2 saturated heterocycles. The molecule has 37 heavy (non-hydrogen) atoms. The van der Waals surface area contributed by atoms with Crippen molar-refractivity contribution in [1.82, 2.24) is 15.3 Å². The molecule has 4 aromatic rings. The molecule has 0 saturated carbocycles. The number of benzene rings is 2. The van der Waals surface area contributed by atoms with Crippen molar-refractivity contribution in [2.45, 2.75) is 25.5 Å². The van der Waals surface area contributed by atoms with E-state index in [9.17, 15) is 14.0 Å². The minimum Gasteiger partial charge on any atom is -0.375 e. The van der Waals surface area contributed by atoms with Crippen LogP contribution in [0.4, 0.5) is 14.5 Å². The average molecular weight is 498 g/mol. The summed E-state index contributed by atoms with van der Waals surface area (Å²) in [4.78, 5) is 11.0. The maximum atomic E-state index is 14.5. The molecule has 0 bridgehead atoms. The Kier molecular flexibility index (Phi) is 6.03. The van der Waals surface area contributed by atoms with E-state index in [1.165, 1.54) is 18.3 Å². The molecule has 2 aromatic heterocycles. The molecule has 2 aliphatic rings. The molecule has 2 aliphatic heterocycles. The normalized spacial score (nSPS) is 19.5. The fourth-order valence-corrected chi connectivity index (χ4v) is 5.54. The zero-order valence-electron chi connectivity index (χ0n) is 20.3. The van der Waals surface area contributed by atoms with Gasteiger partial charge in [-0.15, -0.1) is 0 Å². The van der Waals surface area contributed by atoms with E-state index in [-0.39, 0.29) is 23.5 Å². The highest BCUT2D eigenvalue weighted by atomic mass is 19.1. The number of morpholine rings is 1. The predicted octanol–water partition coefficient (Wildman–Crippen LogP) is 4.99. The van der Waals surface area contributed by atoms with Crippen molar-refractivity contribution in [3.05, 3.63) is 77.8 Å². The summed E-state index contributed by atoms with van der Waals surface area (Å²) < 4.78 is 34.9. The van der Waals surface area contributed by atoms with Gasteiger partial charge in [0.15, 0.2) is 5.82 Å². The number of aromatic nitrogens is 2. The number of nitrogens with one attached hydrogen (secondary N) is 1. The number of hydrogen-bond donors (Lipinski definition) is 1. The number of ether oxygens (including phenoxy) is 1. The lowest BCUT2D eigenvalue weighted by Gasteiger charge is -2.43. The van der Waals surface area contributed by atoms with Crippen molar-refractivity contribution in [2.75, 3.05) is 31.1 Å². The Hall–Kier alpha value is -3.93. The number of nitrogens with zero attached hydrogens (tertiary/aromatic N) is 4. The van der Waals surface area contributed by atoms with Crippen LogP contribution in [0, 0.1) is 29.9 Å². The molecule has 2 fully saturated rings. The molecule has 6 nitrogen and oxygen atoms in total. The molecule has 186 valence electrons. The van der Waals surface area contributed by atoms with Crippen LogP contribution in [0.1, 0.15) is 17.5 Å². The second-order valence-electron chi connectivity index (χ2n) is 9.63. The fraction of sp³-hybridized carbons (Fsp3) is 0.276. The molecule has 0 radical (unpaired) electrons. The number of piperidine rings is 1. The summed E-state index contributed by atoms with van der Waals surface area (Å²) in [6.45, 7) is 4.86. The fourth-order valence-electron chi connectivity index (χ4n) is 5.54. The minimum absolute atomic E-state index is 0.0508. The molecule has 2 aromatic carbocycles. The van der Waals surface area contributed by atoms with Gasteiger partial charge in [-0.1, -0.05) is 12.1 Å². The Labute approximate surface area is 213 Å². The Morgan fingerprint density at radius 1 is 1.08 bits per heavy atom. The number of halogens is 2. The summed E-state index contributed by atoms with van der Waals surface area (Å²) in [7, 11) is 0. The van der Waals surface area contributed by atoms with Gasteiger partial charge in [0.1, 0.15) is 11.9 Å². The van der Waals surface area contributed by atoms with Crippen LogP contribution in [0.3, 0.4) is 0 Å². The first-order valence-corrected chi connectivity index (χ1v) is 12.4. The van der Waals surface area contributed by atoms with E-state index in [0.717, 1.165) is 65.5 Å². The third-order valence-corrected chi connectivity index (χ3v) is 7.22. The molecule has 0 amide bonds. The Balaban J connectivity index is 1.57. The van der Waals surface area contributed by atoms with Crippen molar-refractivity contribution in [3.8, 4) is 28.3 Å². The topological polar surface area (TPSA) is 74.1 Å². The highest BCUT2D eigenvalue weighted by Gasteiger charge is 2.33. The Morgan fingerprint density at radius 2 is 1.97 bits per heavy atom. The third kappa shape index (κ3) is 4.31. The van der Waals surface area contributed by atoms with Gasteiger partial charge in [0.2, 0.25) is 0 Å². The van der Waals surface area contributed by atoms with E-state index in [1.54, 1.807) is 6.20 Å². The van der Waals surface area contributed by atoms with Crippen LogP contribution in [0.5, 0.6) is 0 Å². The third-order valence-electron chi connectivity index (χ3n) is 7.22. The maximum Gasteiger partial charge on any atom is 0.159 e. The lowest BCUT2D eigenvalue weighted by atomic mass is 9.94. The van der Waals surface area contributed by atoms with Gasteiger partial charge < -0.3 is 15.0 Å². The molecule has 4 heterocycles. The van der Waals surface area contributed by atoms with Gasteiger partial charge in [0, 0.05) is 48.5 Å². The summed E-state index contributed by atoms with van der Waals surface area (Å²) in [5.41, 5.74) is 5.11. The van der Waals surface area contributed by atoms with Gasteiger partial charge in [-0.25, -0.2) is 8.78 Å². The van der Waals surface area contributed by atoms with Gasteiger partial charge in [0.05, 0.1) is 41.7 Å². The molecule has 0 spiro atoms. The van der Waals surface area contributed by atoms with Gasteiger partial charge in [0.25, 0.3) is 0 Å². The van der Waals surface area contributed by atoms with Crippen molar-refractivity contribution >= 4 is 16.6 Å². The van der Waals surface area contributed by atoms with Crippen LogP contribution >= 0.6 is 0 Å². The van der Waals surface area contributed by atoms with Crippen molar-refractivity contribution in [3.63, 3.8) is 0 Å². The number of fused-ring (bicyclic) bond motifs is 2. The number of pyridine rings is 2. The zero-order chi connectivity index (χ0) is 25.5. The number of anilines is 1. The van der Waals surface area contributed by atoms with Crippen LogP contribution in [-0.2, 0) is 4.74 Å². The second kappa shape index (κ2) is 9.51. The second-order valence-corrected chi connectivity index (χ2v) is 9.63. The number of hydrogen-bond acceptors (Lipinski definition) is 6. The highest BCUT2D eigenvalue weighted by molar-refractivity contribution is 6.02. The van der Waals surface area contributed by atoms with Crippen molar-refractivity contribution in [2.24, 2.45) is 0 Å². The number of rotatable bonds is 3. The van der Waals surface area contributed by atoms with E-state index in [0.29, 0.717) is 17.7 Å². The SMILES string of the molecule is Cc1cc(F)cc(-c2cnc3ccc(-c4cncc(F)c4C#N)cc3c2N2CC[C@H]3OCCN[C@@H]3C2)c1. The lowest BCUT2D eigenvalue weighted by Crippen LogP contribution is -2.58. The number of aryl methyl sites for hydroxylation is 1. The largest absolute Gasteiger partial charge is 0.375 e. The Morgan fingerprint density at radius 3 is 2.81 bits per heavy atom.